The molecule has 2 heterocycles. The first-order valence-corrected chi connectivity index (χ1v) is 7.24. The molecular formula is C12H23NO11. The van der Waals surface area contributed by atoms with Gasteiger partial charge in [-0.3, -0.25) is 5.73 Å². The zero-order chi connectivity index (χ0) is 18.2. The van der Waals surface area contributed by atoms with Gasteiger partial charge in [0.2, 0.25) is 0 Å². The zero-order valence-electron chi connectivity index (χ0n) is 12.5. The van der Waals surface area contributed by atoms with Gasteiger partial charge in [-0.2, -0.15) is 0 Å². The maximum atomic E-state index is 10.0. The predicted octanol–water partition coefficient (Wildman–Crippen LogP) is -6.11. The van der Waals surface area contributed by atoms with Gasteiger partial charge in [-0.1, -0.05) is 0 Å². The molecule has 0 aromatic rings. The maximum Gasteiger partial charge on any atom is 0.188 e. The Labute approximate surface area is 136 Å². The third-order valence-electron chi connectivity index (χ3n) is 4.18. The topological polar surface area (TPSA) is 216 Å². The van der Waals surface area contributed by atoms with E-state index in [9.17, 15) is 35.7 Å². The van der Waals surface area contributed by atoms with Gasteiger partial charge in [0.25, 0.3) is 0 Å². The molecule has 2 aliphatic rings. The second-order valence-corrected chi connectivity index (χ2v) is 5.83. The molecule has 0 aromatic heterocycles. The number of aliphatic hydroxyl groups excluding tert-OH is 7. The van der Waals surface area contributed by atoms with E-state index in [0.717, 1.165) is 0 Å². The normalized spacial score (nSPS) is 53.1. The molecule has 0 bridgehead atoms. The molecule has 2 rings (SSSR count). The van der Waals surface area contributed by atoms with Gasteiger partial charge in [-0.05, 0) is 0 Å². The Bertz CT molecular complexity index is 422. The lowest BCUT2D eigenvalue weighted by atomic mass is 9.92. The number of ether oxygens (including phenoxy) is 3. The first-order chi connectivity index (χ1) is 11.1. The van der Waals surface area contributed by atoms with Crippen LogP contribution < -0.4 is 5.73 Å². The first-order valence-electron chi connectivity index (χ1n) is 7.24. The van der Waals surface area contributed by atoms with Crippen LogP contribution in [0.5, 0.6) is 0 Å². The molecule has 0 spiro atoms. The van der Waals surface area contributed by atoms with E-state index in [2.05, 4.69) is 0 Å². The van der Waals surface area contributed by atoms with Gasteiger partial charge < -0.3 is 55.1 Å². The summed E-state index contributed by atoms with van der Waals surface area (Å²) in [4.78, 5) is 0. The van der Waals surface area contributed by atoms with Crippen LogP contribution in [0, 0.1) is 0 Å². The van der Waals surface area contributed by atoms with E-state index < -0.39 is 74.2 Å². The predicted molar refractivity (Wildman–Crippen MR) is 71.7 cm³/mol. The Kier molecular flexibility index (Phi) is 6.12. The van der Waals surface area contributed by atoms with Crippen LogP contribution in [0.2, 0.25) is 0 Å². The third kappa shape index (κ3) is 3.41. The number of rotatable bonds is 4. The molecule has 0 aromatic carbocycles. The maximum absolute atomic E-state index is 10.0. The van der Waals surface area contributed by atoms with Gasteiger partial charge in [-0.25, -0.2) is 0 Å². The van der Waals surface area contributed by atoms with Crippen LogP contribution in [0.15, 0.2) is 0 Å². The molecule has 12 heteroatoms. The van der Waals surface area contributed by atoms with Gasteiger partial charge in [0, 0.05) is 0 Å². The van der Waals surface area contributed by atoms with Crippen LogP contribution >= 0.6 is 0 Å². The minimum Gasteiger partial charge on any atom is -0.394 e. The molecule has 0 amide bonds. The van der Waals surface area contributed by atoms with E-state index in [1.807, 2.05) is 0 Å². The van der Waals surface area contributed by atoms with E-state index in [-0.39, 0.29) is 0 Å². The van der Waals surface area contributed by atoms with E-state index in [1.54, 1.807) is 0 Å². The summed E-state index contributed by atoms with van der Waals surface area (Å²) >= 11 is 0. The van der Waals surface area contributed by atoms with Gasteiger partial charge in [0.05, 0.1) is 13.2 Å². The van der Waals surface area contributed by atoms with Crippen LogP contribution in [-0.4, -0.2) is 115 Å². The molecule has 2 saturated heterocycles. The van der Waals surface area contributed by atoms with Crippen molar-refractivity contribution in [1.82, 2.24) is 0 Å². The zero-order valence-corrected chi connectivity index (χ0v) is 12.5. The Morgan fingerprint density at radius 1 is 0.875 bits per heavy atom. The van der Waals surface area contributed by atoms with Crippen molar-refractivity contribution in [3.05, 3.63) is 0 Å². The van der Waals surface area contributed by atoms with Crippen molar-refractivity contribution in [3.8, 4) is 0 Å². The highest BCUT2D eigenvalue weighted by molar-refractivity contribution is 4.99. The minimum absolute atomic E-state index is 0.715. The average Bonchev–Trinajstić information content (AvgIpc) is 2.55. The lowest BCUT2D eigenvalue weighted by Gasteiger charge is -2.48. The van der Waals surface area contributed by atoms with E-state index in [1.165, 1.54) is 0 Å². The van der Waals surface area contributed by atoms with Crippen LogP contribution in [0.3, 0.4) is 0 Å². The molecule has 0 aliphatic carbocycles. The summed E-state index contributed by atoms with van der Waals surface area (Å²) in [6.07, 6.45) is -15.0. The molecule has 0 unspecified atom stereocenters. The van der Waals surface area contributed by atoms with Crippen molar-refractivity contribution in [3.63, 3.8) is 0 Å². The molecule has 0 saturated carbocycles. The number of hydrogen-bond acceptors (Lipinski definition) is 12. The van der Waals surface area contributed by atoms with Gasteiger partial charge in [0.1, 0.15) is 42.7 Å². The fraction of sp³-hybridized carbons (Fsp3) is 1.00. The largest absolute Gasteiger partial charge is 0.394 e. The summed E-state index contributed by atoms with van der Waals surface area (Å²) in [6.45, 7) is -1.48. The Morgan fingerprint density at radius 2 is 1.46 bits per heavy atom. The molecule has 2 fully saturated rings. The number of nitrogens with two attached hydrogens (primary N) is 1. The average molecular weight is 357 g/mol. The molecule has 10 atom stereocenters. The fourth-order valence-corrected chi connectivity index (χ4v) is 2.65. The molecule has 0 radical (unpaired) electrons. The number of hydrogen-bond donors (Lipinski definition) is 9. The van der Waals surface area contributed by atoms with Crippen LogP contribution in [-0.2, 0) is 14.2 Å². The van der Waals surface area contributed by atoms with Gasteiger partial charge in [0.15, 0.2) is 18.3 Å². The molecule has 10 N–H and O–H groups in total. The van der Waals surface area contributed by atoms with Crippen molar-refractivity contribution in [2.45, 2.75) is 61.0 Å². The van der Waals surface area contributed by atoms with Gasteiger partial charge >= 0.3 is 0 Å². The molecule has 2 aliphatic heterocycles. The van der Waals surface area contributed by atoms with E-state index in [0.29, 0.717) is 0 Å². The first kappa shape index (κ1) is 19.8. The summed E-state index contributed by atoms with van der Waals surface area (Å²) in [6, 6.07) is 0. The van der Waals surface area contributed by atoms with Crippen molar-refractivity contribution in [2.24, 2.45) is 5.73 Å². The smallest absolute Gasteiger partial charge is 0.188 e. The highest BCUT2D eigenvalue weighted by Gasteiger charge is 2.55. The van der Waals surface area contributed by atoms with Crippen molar-refractivity contribution in [1.29, 1.82) is 0 Å². The highest BCUT2D eigenvalue weighted by atomic mass is 16.7. The number of aliphatic hydroxyl groups is 8. The molecule has 24 heavy (non-hydrogen) atoms. The molecular weight excluding hydrogens is 334 g/mol. The second-order valence-electron chi connectivity index (χ2n) is 5.83. The fourth-order valence-electron chi connectivity index (χ4n) is 2.65. The Hall–Kier alpha value is -0.480. The lowest BCUT2D eigenvalue weighted by molar-refractivity contribution is -0.370. The molecule has 142 valence electrons. The molecule has 12 nitrogen and oxygen atoms in total. The third-order valence-corrected chi connectivity index (χ3v) is 4.18. The van der Waals surface area contributed by atoms with Crippen molar-refractivity contribution < 1.29 is 55.1 Å². The van der Waals surface area contributed by atoms with E-state index >= 15 is 0 Å². The summed E-state index contributed by atoms with van der Waals surface area (Å²) in [5.41, 5.74) is 2.84. The van der Waals surface area contributed by atoms with Crippen LogP contribution in [0.1, 0.15) is 0 Å². The van der Waals surface area contributed by atoms with Crippen molar-refractivity contribution in [2.75, 3.05) is 13.2 Å². The standard InChI is InChI=1S/C12H23NO11/c13-12(21)8(18)4(2-15)23-11(9(12)19)24-7-3(1-14)22-10(20)6(17)5(7)16/h3-11,14-21H,1-2,13H2/t3-,4-,5-,6-,7-,8-,9+,10-,11+,12+/m1/s1. The Balaban J connectivity index is 2.18. The Morgan fingerprint density at radius 3 is 2.00 bits per heavy atom. The SMILES string of the molecule is N[C@]1(O)[C@H](O)[C@@H](CO)O[C@@H](O[C@H]2[C@H](O)[C@@H](O)[C@H](O)O[C@@H]2CO)[C@@H]1O. The lowest BCUT2D eigenvalue weighted by Crippen LogP contribution is -2.73. The van der Waals surface area contributed by atoms with Crippen LogP contribution in [0.4, 0.5) is 0 Å². The monoisotopic (exact) mass is 357 g/mol. The summed E-state index contributed by atoms with van der Waals surface area (Å²) < 4.78 is 15.2. The van der Waals surface area contributed by atoms with Crippen molar-refractivity contribution >= 4 is 0 Å². The summed E-state index contributed by atoms with van der Waals surface area (Å²) in [5, 5.41) is 77.2. The second kappa shape index (κ2) is 7.41. The van der Waals surface area contributed by atoms with Crippen LogP contribution in [0.25, 0.3) is 0 Å². The summed E-state index contributed by atoms with van der Waals surface area (Å²) in [5.74, 6) is 0. The minimum atomic E-state index is -2.59. The van der Waals surface area contributed by atoms with Gasteiger partial charge in [-0.15, -0.1) is 0 Å². The highest BCUT2D eigenvalue weighted by Crippen LogP contribution is 2.30. The summed E-state index contributed by atoms with van der Waals surface area (Å²) in [7, 11) is 0. The van der Waals surface area contributed by atoms with E-state index in [4.69, 9.17) is 25.1 Å². The quantitative estimate of drug-likeness (QED) is 0.215.